The van der Waals surface area contributed by atoms with Gasteiger partial charge in [-0.1, -0.05) is 42.5 Å². The Morgan fingerprint density at radius 3 is 2.40 bits per heavy atom. The minimum atomic E-state index is -0.169. The van der Waals surface area contributed by atoms with Crippen molar-refractivity contribution in [1.29, 1.82) is 0 Å². The van der Waals surface area contributed by atoms with Gasteiger partial charge in [0.1, 0.15) is 5.82 Å². The zero-order valence-corrected chi connectivity index (χ0v) is 11.9. The largest absolute Gasteiger partial charge is 0.380 e. The Kier molecular flexibility index (Phi) is 5.27. The van der Waals surface area contributed by atoms with Crippen LogP contribution in [0.15, 0.2) is 48.5 Å². The topological polar surface area (TPSA) is 21.3 Å². The average Bonchev–Trinajstić information content (AvgIpc) is 2.47. The standard InChI is InChI=1S/C17H20FNO/c1-13(16-9-5-6-10-17(16)18)19-11-14-7-3-4-8-15(14)12-20-2/h3-10,13,19H,11-12H2,1-2H3/t13-/m1/s1. The molecule has 2 nitrogen and oxygen atoms in total. The Bertz CT molecular complexity index is 556. The van der Waals surface area contributed by atoms with Crippen molar-refractivity contribution in [2.24, 2.45) is 0 Å². The molecule has 0 bridgehead atoms. The highest BCUT2D eigenvalue weighted by molar-refractivity contribution is 5.27. The van der Waals surface area contributed by atoms with Crippen LogP contribution in [0.4, 0.5) is 4.39 Å². The molecule has 0 saturated carbocycles. The first-order chi connectivity index (χ1) is 9.72. The van der Waals surface area contributed by atoms with E-state index in [4.69, 9.17) is 4.74 Å². The second-order valence-corrected chi connectivity index (χ2v) is 4.83. The summed E-state index contributed by atoms with van der Waals surface area (Å²) in [5.41, 5.74) is 3.03. The lowest BCUT2D eigenvalue weighted by Gasteiger charge is -2.16. The molecule has 0 radical (unpaired) electrons. The molecule has 1 atom stereocenters. The van der Waals surface area contributed by atoms with Gasteiger partial charge in [-0.05, 0) is 24.1 Å². The minimum Gasteiger partial charge on any atom is -0.380 e. The van der Waals surface area contributed by atoms with E-state index in [1.165, 1.54) is 11.6 Å². The van der Waals surface area contributed by atoms with Gasteiger partial charge in [-0.3, -0.25) is 0 Å². The van der Waals surface area contributed by atoms with Crippen LogP contribution in [0, 0.1) is 5.82 Å². The van der Waals surface area contributed by atoms with E-state index in [9.17, 15) is 4.39 Å². The lowest BCUT2D eigenvalue weighted by atomic mass is 10.1. The van der Waals surface area contributed by atoms with Crippen LogP contribution in [0.1, 0.15) is 29.7 Å². The quantitative estimate of drug-likeness (QED) is 0.864. The zero-order valence-electron chi connectivity index (χ0n) is 11.9. The summed E-state index contributed by atoms with van der Waals surface area (Å²) in [5.74, 6) is -0.169. The smallest absolute Gasteiger partial charge is 0.127 e. The molecule has 0 aliphatic heterocycles. The van der Waals surface area contributed by atoms with Crippen LogP contribution in [-0.2, 0) is 17.9 Å². The first-order valence-corrected chi connectivity index (χ1v) is 6.76. The predicted octanol–water partition coefficient (Wildman–Crippen LogP) is 3.82. The molecular weight excluding hydrogens is 253 g/mol. The Labute approximate surface area is 119 Å². The second-order valence-electron chi connectivity index (χ2n) is 4.83. The van der Waals surface area contributed by atoms with Crippen LogP contribution in [0.5, 0.6) is 0 Å². The van der Waals surface area contributed by atoms with Gasteiger partial charge in [-0.2, -0.15) is 0 Å². The first-order valence-electron chi connectivity index (χ1n) is 6.76. The molecule has 2 aromatic carbocycles. The molecule has 0 heterocycles. The summed E-state index contributed by atoms with van der Waals surface area (Å²) in [7, 11) is 1.69. The number of halogens is 1. The Balaban J connectivity index is 2.04. The lowest BCUT2D eigenvalue weighted by Crippen LogP contribution is -2.20. The van der Waals surface area contributed by atoms with Gasteiger partial charge in [0.25, 0.3) is 0 Å². The molecule has 0 aromatic heterocycles. The third-order valence-corrected chi connectivity index (χ3v) is 3.39. The fraction of sp³-hybridized carbons (Fsp3) is 0.294. The molecule has 0 spiro atoms. The van der Waals surface area contributed by atoms with Gasteiger partial charge in [0.2, 0.25) is 0 Å². The van der Waals surface area contributed by atoms with Crippen LogP contribution in [-0.4, -0.2) is 7.11 Å². The minimum absolute atomic E-state index is 0.0354. The maximum atomic E-state index is 13.7. The normalized spacial score (nSPS) is 12.3. The summed E-state index contributed by atoms with van der Waals surface area (Å²) in [6.45, 7) is 3.25. The summed E-state index contributed by atoms with van der Waals surface area (Å²) in [6.07, 6.45) is 0. The fourth-order valence-corrected chi connectivity index (χ4v) is 2.23. The Morgan fingerprint density at radius 1 is 1.05 bits per heavy atom. The molecule has 2 rings (SSSR count). The molecule has 0 aliphatic rings. The molecule has 0 aliphatic carbocycles. The summed E-state index contributed by atoms with van der Waals surface area (Å²) in [6, 6.07) is 15.0. The van der Waals surface area contributed by atoms with Crippen molar-refractivity contribution in [2.75, 3.05) is 7.11 Å². The second kappa shape index (κ2) is 7.17. The van der Waals surface area contributed by atoms with Crippen molar-refractivity contribution >= 4 is 0 Å². The Hall–Kier alpha value is -1.71. The highest BCUT2D eigenvalue weighted by atomic mass is 19.1. The van der Waals surface area contributed by atoms with Gasteiger partial charge < -0.3 is 10.1 Å². The van der Waals surface area contributed by atoms with Gasteiger partial charge in [0.15, 0.2) is 0 Å². The van der Waals surface area contributed by atoms with E-state index >= 15 is 0 Å². The number of hydrogen-bond donors (Lipinski definition) is 1. The van der Waals surface area contributed by atoms with Crippen LogP contribution in [0.3, 0.4) is 0 Å². The van der Waals surface area contributed by atoms with Gasteiger partial charge in [-0.15, -0.1) is 0 Å². The monoisotopic (exact) mass is 273 g/mol. The molecule has 1 N–H and O–H groups in total. The maximum absolute atomic E-state index is 13.7. The van der Waals surface area contributed by atoms with Crippen molar-refractivity contribution in [2.45, 2.75) is 26.1 Å². The van der Waals surface area contributed by atoms with E-state index in [1.54, 1.807) is 13.2 Å². The molecule has 3 heteroatoms. The molecule has 0 unspecified atom stereocenters. The van der Waals surface area contributed by atoms with Crippen molar-refractivity contribution in [3.05, 3.63) is 71.0 Å². The number of nitrogens with one attached hydrogen (secondary N) is 1. The lowest BCUT2D eigenvalue weighted by molar-refractivity contribution is 0.184. The van der Waals surface area contributed by atoms with E-state index < -0.39 is 0 Å². The fourth-order valence-electron chi connectivity index (χ4n) is 2.23. The highest BCUT2D eigenvalue weighted by Gasteiger charge is 2.10. The number of methoxy groups -OCH3 is 1. The van der Waals surface area contributed by atoms with Crippen LogP contribution >= 0.6 is 0 Å². The number of hydrogen-bond acceptors (Lipinski definition) is 2. The molecule has 0 amide bonds. The van der Waals surface area contributed by atoms with Gasteiger partial charge in [0, 0.05) is 25.3 Å². The number of benzene rings is 2. The van der Waals surface area contributed by atoms with Crippen molar-refractivity contribution in [3.8, 4) is 0 Å². The van der Waals surface area contributed by atoms with Gasteiger partial charge >= 0.3 is 0 Å². The average molecular weight is 273 g/mol. The molecule has 2 aromatic rings. The third kappa shape index (κ3) is 3.65. The van der Waals surface area contributed by atoms with E-state index in [2.05, 4.69) is 11.4 Å². The van der Waals surface area contributed by atoms with E-state index in [0.717, 1.165) is 5.56 Å². The highest BCUT2D eigenvalue weighted by Crippen LogP contribution is 2.17. The first kappa shape index (κ1) is 14.7. The molecule has 106 valence electrons. The van der Waals surface area contributed by atoms with Gasteiger partial charge in [0.05, 0.1) is 6.61 Å². The van der Waals surface area contributed by atoms with E-state index in [1.807, 2.05) is 37.3 Å². The van der Waals surface area contributed by atoms with E-state index in [-0.39, 0.29) is 11.9 Å². The van der Waals surface area contributed by atoms with Crippen molar-refractivity contribution in [1.82, 2.24) is 5.32 Å². The van der Waals surface area contributed by atoms with Crippen LogP contribution in [0.2, 0.25) is 0 Å². The SMILES string of the molecule is COCc1ccccc1CN[C@H](C)c1ccccc1F. The molecule has 0 saturated heterocycles. The van der Waals surface area contributed by atoms with Crippen LogP contribution < -0.4 is 5.32 Å². The molecule has 0 fully saturated rings. The van der Waals surface area contributed by atoms with Crippen molar-refractivity contribution < 1.29 is 9.13 Å². The Morgan fingerprint density at radius 2 is 1.70 bits per heavy atom. The van der Waals surface area contributed by atoms with Crippen LogP contribution in [0.25, 0.3) is 0 Å². The number of ether oxygens (including phenoxy) is 1. The summed E-state index contributed by atoms with van der Waals surface area (Å²) >= 11 is 0. The summed E-state index contributed by atoms with van der Waals surface area (Å²) in [5, 5.41) is 3.36. The van der Waals surface area contributed by atoms with Crippen molar-refractivity contribution in [3.63, 3.8) is 0 Å². The summed E-state index contributed by atoms with van der Waals surface area (Å²) < 4.78 is 18.9. The zero-order chi connectivity index (χ0) is 14.4. The third-order valence-electron chi connectivity index (χ3n) is 3.39. The maximum Gasteiger partial charge on any atom is 0.127 e. The molecular formula is C17H20FNO. The molecule has 20 heavy (non-hydrogen) atoms. The van der Waals surface area contributed by atoms with E-state index in [0.29, 0.717) is 18.7 Å². The summed E-state index contributed by atoms with van der Waals surface area (Å²) in [4.78, 5) is 0. The predicted molar refractivity (Wildman–Crippen MR) is 78.8 cm³/mol. The number of rotatable bonds is 6. The van der Waals surface area contributed by atoms with Gasteiger partial charge in [-0.25, -0.2) is 4.39 Å².